The van der Waals surface area contributed by atoms with Crippen molar-refractivity contribution in [3.8, 4) is 5.75 Å². The van der Waals surface area contributed by atoms with Crippen LogP contribution in [-0.2, 0) is 21.4 Å². The van der Waals surface area contributed by atoms with E-state index in [4.69, 9.17) is 4.74 Å². The van der Waals surface area contributed by atoms with Gasteiger partial charge in [-0.25, -0.2) is 13.1 Å². The van der Waals surface area contributed by atoms with Crippen LogP contribution in [0.15, 0.2) is 89.8 Å². The third-order valence-electron chi connectivity index (χ3n) is 9.03. The second-order valence-corrected chi connectivity index (χ2v) is 14.4. The molecule has 2 aliphatic heterocycles. The van der Waals surface area contributed by atoms with E-state index in [1.54, 1.807) is 12.1 Å². The second kappa shape index (κ2) is 13.7. The number of sulfonamides is 1. The van der Waals surface area contributed by atoms with Crippen LogP contribution in [0.4, 0.5) is 0 Å². The summed E-state index contributed by atoms with van der Waals surface area (Å²) in [7, 11) is -3.92. The maximum atomic E-state index is 13.7. The van der Waals surface area contributed by atoms with E-state index in [9.17, 15) is 13.2 Å². The quantitative estimate of drug-likeness (QED) is 0.198. The molecule has 4 aromatic carbocycles. The molecule has 45 heavy (non-hydrogen) atoms. The maximum Gasteiger partial charge on any atom is 0.241 e. The zero-order valence-corrected chi connectivity index (χ0v) is 27.0. The van der Waals surface area contributed by atoms with Gasteiger partial charge in [0.2, 0.25) is 15.9 Å². The summed E-state index contributed by atoms with van der Waals surface area (Å²) in [6.45, 7) is 7.91. The lowest BCUT2D eigenvalue weighted by Crippen LogP contribution is -2.36. The van der Waals surface area contributed by atoms with Crippen LogP contribution in [0.3, 0.4) is 0 Å². The van der Waals surface area contributed by atoms with Crippen molar-refractivity contribution in [1.82, 2.24) is 14.9 Å². The fraction of sp³-hybridized carbons (Fsp3) is 0.378. The molecule has 0 aromatic heterocycles. The van der Waals surface area contributed by atoms with E-state index in [0.29, 0.717) is 18.9 Å². The van der Waals surface area contributed by atoms with Crippen LogP contribution in [0.1, 0.15) is 86.2 Å². The molecule has 7 nitrogen and oxygen atoms in total. The normalized spacial score (nSPS) is 17.9. The van der Waals surface area contributed by atoms with Gasteiger partial charge in [0, 0.05) is 24.9 Å². The zero-order valence-electron chi connectivity index (χ0n) is 26.2. The van der Waals surface area contributed by atoms with Gasteiger partial charge in [0.05, 0.1) is 23.6 Å². The van der Waals surface area contributed by atoms with E-state index in [1.165, 1.54) is 24.8 Å². The van der Waals surface area contributed by atoms with E-state index in [2.05, 4.69) is 47.0 Å². The number of amides is 1. The number of fused-ring (bicyclic) bond motifs is 2. The topological polar surface area (TPSA) is 87.7 Å². The van der Waals surface area contributed by atoms with E-state index in [1.807, 2.05) is 54.6 Å². The van der Waals surface area contributed by atoms with E-state index in [0.717, 1.165) is 52.8 Å². The molecule has 2 aliphatic rings. The highest BCUT2D eigenvalue weighted by atomic mass is 32.2. The lowest BCUT2D eigenvalue weighted by molar-refractivity contribution is -0.122. The molecule has 236 valence electrons. The fourth-order valence-corrected chi connectivity index (χ4v) is 7.69. The molecule has 1 saturated heterocycles. The number of rotatable bonds is 10. The Labute approximate surface area is 267 Å². The van der Waals surface area contributed by atoms with Crippen LogP contribution in [0.2, 0.25) is 0 Å². The van der Waals surface area contributed by atoms with Crippen LogP contribution in [0.5, 0.6) is 5.75 Å². The molecular weight excluding hydrogens is 582 g/mol. The van der Waals surface area contributed by atoms with Crippen LogP contribution in [-0.4, -0.2) is 38.9 Å². The SMILES string of the molecule is CC(C)c1ccc(C(CC(=O)NC2CCOc3cc(CN4CCCCC4)ccc32)NS(=O)(=O)c2ccc3ccccc3c2)cc1. The molecule has 0 saturated carbocycles. The van der Waals surface area contributed by atoms with Crippen molar-refractivity contribution < 1.29 is 17.9 Å². The minimum Gasteiger partial charge on any atom is -0.493 e. The number of hydrogen-bond acceptors (Lipinski definition) is 5. The lowest BCUT2D eigenvalue weighted by atomic mass is 9.96. The van der Waals surface area contributed by atoms with Crippen LogP contribution in [0, 0.1) is 0 Å². The lowest BCUT2D eigenvalue weighted by Gasteiger charge is -2.29. The first-order valence-corrected chi connectivity index (χ1v) is 17.6. The van der Waals surface area contributed by atoms with E-state index in [-0.39, 0.29) is 23.3 Å². The molecule has 2 heterocycles. The molecule has 6 rings (SSSR count). The summed E-state index contributed by atoms with van der Waals surface area (Å²) in [5, 5.41) is 5.00. The molecule has 0 radical (unpaired) electrons. The van der Waals surface area contributed by atoms with Gasteiger partial charge in [-0.1, -0.05) is 87.0 Å². The highest BCUT2D eigenvalue weighted by molar-refractivity contribution is 7.89. The predicted octanol–water partition coefficient (Wildman–Crippen LogP) is 7.00. The Morgan fingerprint density at radius 2 is 1.62 bits per heavy atom. The number of ether oxygens (including phenoxy) is 1. The summed E-state index contributed by atoms with van der Waals surface area (Å²) in [4.78, 5) is 16.3. The highest BCUT2D eigenvalue weighted by Gasteiger charge is 2.28. The smallest absolute Gasteiger partial charge is 0.241 e. The summed E-state index contributed by atoms with van der Waals surface area (Å²) >= 11 is 0. The number of hydrogen-bond donors (Lipinski definition) is 2. The molecule has 0 spiro atoms. The first kappa shape index (κ1) is 31.3. The minimum atomic E-state index is -3.92. The third kappa shape index (κ3) is 7.57. The largest absolute Gasteiger partial charge is 0.493 e. The fourth-order valence-electron chi connectivity index (χ4n) is 6.43. The average Bonchev–Trinajstić information content (AvgIpc) is 3.04. The Bertz CT molecular complexity index is 1750. The van der Waals surface area contributed by atoms with Crippen molar-refractivity contribution >= 4 is 26.7 Å². The van der Waals surface area contributed by atoms with Gasteiger partial charge >= 0.3 is 0 Å². The number of nitrogens with zero attached hydrogens (tertiary/aromatic N) is 1. The van der Waals surface area contributed by atoms with Gasteiger partial charge in [-0.15, -0.1) is 0 Å². The van der Waals surface area contributed by atoms with Crippen molar-refractivity contribution in [2.75, 3.05) is 19.7 Å². The number of carbonyl (C=O) groups excluding carboxylic acids is 1. The number of piperidine rings is 1. The summed E-state index contributed by atoms with van der Waals surface area (Å²) in [5.74, 6) is 0.937. The molecule has 1 amide bonds. The number of nitrogens with one attached hydrogen (secondary N) is 2. The summed E-state index contributed by atoms with van der Waals surface area (Å²) in [5.41, 5.74) is 4.08. The van der Waals surface area contributed by atoms with Gasteiger partial charge in [-0.3, -0.25) is 9.69 Å². The van der Waals surface area contributed by atoms with Crippen LogP contribution in [0.25, 0.3) is 10.8 Å². The van der Waals surface area contributed by atoms with Crippen LogP contribution >= 0.6 is 0 Å². The maximum absolute atomic E-state index is 13.7. The Morgan fingerprint density at radius 3 is 2.38 bits per heavy atom. The Morgan fingerprint density at radius 1 is 0.889 bits per heavy atom. The Kier molecular flexibility index (Phi) is 9.54. The highest BCUT2D eigenvalue weighted by Crippen LogP contribution is 2.34. The molecule has 1 fully saturated rings. The van der Waals surface area contributed by atoms with Crippen molar-refractivity contribution in [3.05, 3.63) is 107 Å². The Hall–Kier alpha value is -3.72. The van der Waals surface area contributed by atoms with Gasteiger partial charge in [-0.05, 0) is 77.5 Å². The van der Waals surface area contributed by atoms with Crippen molar-refractivity contribution in [1.29, 1.82) is 0 Å². The summed E-state index contributed by atoms with van der Waals surface area (Å²) < 4.78 is 36.2. The van der Waals surface area contributed by atoms with Gasteiger partial charge in [-0.2, -0.15) is 0 Å². The van der Waals surface area contributed by atoms with E-state index < -0.39 is 16.1 Å². The summed E-state index contributed by atoms with van der Waals surface area (Å²) in [6, 6.07) is 26.0. The van der Waals surface area contributed by atoms with Crippen LogP contribution < -0.4 is 14.8 Å². The molecule has 4 aromatic rings. The molecule has 0 aliphatic carbocycles. The molecule has 2 N–H and O–H groups in total. The monoisotopic (exact) mass is 625 g/mol. The summed E-state index contributed by atoms with van der Waals surface area (Å²) in [6.07, 6.45) is 4.42. The first-order valence-electron chi connectivity index (χ1n) is 16.1. The molecular formula is C37H43N3O4S. The molecule has 2 unspecified atom stereocenters. The van der Waals surface area contributed by atoms with Crippen molar-refractivity contribution in [2.24, 2.45) is 0 Å². The third-order valence-corrected chi connectivity index (χ3v) is 10.5. The molecule has 8 heteroatoms. The molecule has 2 atom stereocenters. The minimum absolute atomic E-state index is 0.0342. The Balaban J connectivity index is 1.20. The zero-order chi connectivity index (χ0) is 31.4. The first-order chi connectivity index (χ1) is 21.7. The number of carbonyl (C=O) groups is 1. The average molecular weight is 626 g/mol. The van der Waals surface area contributed by atoms with Gasteiger partial charge in [0.15, 0.2) is 0 Å². The van der Waals surface area contributed by atoms with Crippen molar-refractivity contribution in [3.63, 3.8) is 0 Å². The number of benzene rings is 4. The second-order valence-electron chi connectivity index (χ2n) is 12.7. The standard InChI is InChI=1S/C37H43N3O4S/c1-26(2)28-11-13-30(14-12-28)35(39-45(42,43)32-16-15-29-8-4-5-9-31(29)23-32)24-37(41)38-34-18-21-44-36-22-27(10-17-33(34)36)25-40-19-6-3-7-20-40/h4-5,8-17,22-23,26,34-35,39H,3,6-7,18-21,24-25H2,1-2H3,(H,38,41). The van der Waals surface area contributed by atoms with Gasteiger partial charge < -0.3 is 10.1 Å². The van der Waals surface area contributed by atoms with Crippen molar-refractivity contribution in [2.45, 2.75) is 75.4 Å². The van der Waals surface area contributed by atoms with Gasteiger partial charge in [0.25, 0.3) is 0 Å². The number of likely N-dealkylation sites (tertiary alicyclic amines) is 1. The predicted molar refractivity (Wildman–Crippen MR) is 179 cm³/mol. The van der Waals surface area contributed by atoms with E-state index >= 15 is 0 Å². The van der Waals surface area contributed by atoms with Gasteiger partial charge in [0.1, 0.15) is 5.75 Å². The molecule has 0 bridgehead atoms.